The van der Waals surface area contributed by atoms with Gasteiger partial charge in [-0.25, -0.2) is 19.2 Å². The van der Waals surface area contributed by atoms with Gasteiger partial charge in [-0.15, -0.1) is 0 Å². The first-order chi connectivity index (χ1) is 19.7. The van der Waals surface area contributed by atoms with E-state index in [9.17, 15) is 28.7 Å². The maximum absolute atomic E-state index is 14.3. The Morgan fingerprint density at radius 1 is 1.10 bits per heavy atom. The van der Waals surface area contributed by atoms with Gasteiger partial charge in [0.1, 0.15) is 23.0 Å². The number of hydrogen-bond acceptors (Lipinski definition) is 7. The molecule has 11 nitrogen and oxygen atoms in total. The Kier molecular flexibility index (Phi) is 7.72. The number of carbonyl (C=O) groups excluding carboxylic acids is 3. The largest absolute Gasteiger partial charge is 0.478 e. The number of anilines is 2. The standard InChI is InChI=1S/C29H27FN6O5/c1-34(22-6-4-5-18(13-22)29(40)41)26-23(14-19(30)15-31-26)28(39)36(17-37)21-10-8-20(9-11-21)32-27(38)24-16-35-12-3-2-7-25(35)33-24/h2-7,12-17,20-21H,8-11H2,1H3,(H,32,38)(H,40,41). The molecule has 0 atom stereocenters. The Morgan fingerprint density at radius 2 is 1.88 bits per heavy atom. The minimum atomic E-state index is -1.12. The van der Waals surface area contributed by atoms with Gasteiger partial charge in [0.25, 0.3) is 11.8 Å². The van der Waals surface area contributed by atoms with Crippen molar-refractivity contribution in [2.75, 3.05) is 11.9 Å². The molecule has 5 rings (SSSR count). The third-order valence-electron chi connectivity index (χ3n) is 7.23. The van der Waals surface area contributed by atoms with E-state index in [1.54, 1.807) is 42.0 Å². The zero-order valence-electron chi connectivity index (χ0n) is 22.1. The van der Waals surface area contributed by atoms with Gasteiger partial charge in [-0.3, -0.25) is 19.3 Å². The summed E-state index contributed by atoms with van der Waals surface area (Å²) >= 11 is 0. The number of aromatic nitrogens is 3. The number of carbonyl (C=O) groups is 4. The SMILES string of the molecule is CN(c1cccc(C(=O)O)c1)c1ncc(F)cc1C(=O)N(C=O)C1CCC(NC(=O)c2cn3ccccc3n2)CC1. The number of carboxylic acids is 1. The summed E-state index contributed by atoms with van der Waals surface area (Å²) in [5, 5.41) is 12.3. The Balaban J connectivity index is 1.28. The van der Waals surface area contributed by atoms with E-state index in [4.69, 9.17) is 0 Å². The fourth-order valence-electron chi connectivity index (χ4n) is 5.07. The fourth-order valence-corrected chi connectivity index (χ4v) is 5.07. The number of benzene rings is 1. The quantitative estimate of drug-likeness (QED) is 0.313. The lowest BCUT2D eigenvalue weighted by atomic mass is 9.90. The first kappa shape index (κ1) is 27.4. The van der Waals surface area contributed by atoms with Crippen LogP contribution in [0.25, 0.3) is 5.65 Å². The van der Waals surface area contributed by atoms with Crippen molar-refractivity contribution >= 4 is 41.3 Å². The predicted octanol–water partition coefficient (Wildman–Crippen LogP) is 3.67. The van der Waals surface area contributed by atoms with Crippen LogP contribution in [0.3, 0.4) is 0 Å². The number of imide groups is 1. The molecule has 0 saturated heterocycles. The molecule has 1 aliphatic rings. The lowest BCUT2D eigenvalue weighted by Crippen LogP contribution is -2.46. The summed E-state index contributed by atoms with van der Waals surface area (Å²) in [7, 11) is 1.57. The zero-order valence-corrected chi connectivity index (χ0v) is 22.1. The average Bonchev–Trinajstić information content (AvgIpc) is 3.43. The lowest BCUT2D eigenvalue weighted by molar-refractivity contribution is -0.118. The van der Waals surface area contributed by atoms with Crippen molar-refractivity contribution in [3.8, 4) is 0 Å². The van der Waals surface area contributed by atoms with Gasteiger partial charge in [0.05, 0.1) is 17.3 Å². The van der Waals surface area contributed by atoms with Gasteiger partial charge in [0, 0.05) is 37.2 Å². The highest BCUT2D eigenvalue weighted by Crippen LogP contribution is 2.30. The number of halogens is 1. The number of aromatic carboxylic acids is 1. The monoisotopic (exact) mass is 558 g/mol. The van der Waals surface area contributed by atoms with Gasteiger partial charge in [0.2, 0.25) is 6.41 Å². The first-order valence-electron chi connectivity index (χ1n) is 13.0. The molecule has 2 N–H and O–H groups in total. The van der Waals surface area contributed by atoms with Crippen LogP contribution in [0.1, 0.15) is 56.9 Å². The second-order valence-electron chi connectivity index (χ2n) is 9.83. The Hall–Kier alpha value is -5.13. The van der Waals surface area contributed by atoms with Crippen LogP contribution in [-0.2, 0) is 4.79 Å². The fraction of sp³-hybridized carbons (Fsp3) is 0.241. The highest BCUT2D eigenvalue weighted by Gasteiger charge is 2.32. The van der Waals surface area contributed by atoms with Crippen LogP contribution in [0, 0.1) is 5.82 Å². The number of fused-ring (bicyclic) bond motifs is 1. The van der Waals surface area contributed by atoms with Gasteiger partial charge in [-0.1, -0.05) is 12.1 Å². The molecule has 41 heavy (non-hydrogen) atoms. The molecule has 0 aliphatic heterocycles. The molecule has 4 aromatic rings. The van der Waals surface area contributed by atoms with Crippen LogP contribution in [0.15, 0.2) is 67.1 Å². The molecule has 0 unspecified atom stereocenters. The molecule has 3 aromatic heterocycles. The minimum Gasteiger partial charge on any atom is -0.478 e. The van der Waals surface area contributed by atoms with Crippen molar-refractivity contribution in [2.45, 2.75) is 37.8 Å². The maximum Gasteiger partial charge on any atom is 0.335 e. The molecule has 0 radical (unpaired) electrons. The molecule has 3 heterocycles. The van der Waals surface area contributed by atoms with E-state index in [0.29, 0.717) is 49.1 Å². The molecular formula is C29H27FN6O5. The number of amides is 3. The smallest absolute Gasteiger partial charge is 0.335 e. The van der Waals surface area contributed by atoms with Gasteiger partial charge in [0.15, 0.2) is 0 Å². The van der Waals surface area contributed by atoms with Crippen LogP contribution >= 0.6 is 0 Å². The Morgan fingerprint density at radius 3 is 2.59 bits per heavy atom. The molecule has 0 bridgehead atoms. The number of nitrogens with zero attached hydrogens (tertiary/aromatic N) is 5. The second kappa shape index (κ2) is 11.5. The molecule has 3 amide bonds. The van der Waals surface area contributed by atoms with Crippen LogP contribution in [-0.4, -0.2) is 67.7 Å². The van der Waals surface area contributed by atoms with Crippen molar-refractivity contribution in [3.05, 3.63) is 89.8 Å². The molecule has 1 aromatic carbocycles. The highest BCUT2D eigenvalue weighted by atomic mass is 19.1. The molecular weight excluding hydrogens is 531 g/mol. The van der Waals surface area contributed by atoms with E-state index in [0.717, 1.165) is 17.2 Å². The molecule has 1 aliphatic carbocycles. The summed E-state index contributed by atoms with van der Waals surface area (Å²) in [5.74, 6) is -2.83. The van der Waals surface area contributed by atoms with Gasteiger partial charge >= 0.3 is 5.97 Å². The van der Waals surface area contributed by atoms with E-state index in [1.165, 1.54) is 17.0 Å². The minimum absolute atomic E-state index is 0.0314. The molecule has 0 spiro atoms. The van der Waals surface area contributed by atoms with Crippen LogP contribution < -0.4 is 10.2 Å². The van der Waals surface area contributed by atoms with Crippen molar-refractivity contribution in [3.63, 3.8) is 0 Å². The summed E-state index contributed by atoms with van der Waals surface area (Å²) < 4.78 is 16.0. The number of imidazole rings is 1. The third-order valence-corrected chi connectivity index (χ3v) is 7.23. The number of rotatable bonds is 8. The van der Waals surface area contributed by atoms with Gasteiger partial charge in [-0.05, 0) is 62.1 Å². The van der Waals surface area contributed by atoms with Crippen molar-refractivity contribution < 1.29 is 28.7 Å². The molecule has 12 heteroatoms. The summed E-state index contributed by atoms with van der Waals surface area (Å²) in [6.07, 6.45) is 6.77. The second-order valence-corrected chi connectivity index (χ2v) is 9.83. The maximum atomic E-state index is 14.3. The number of carboxylic acid groups (broad SMARTS) is 1. The number of nitrogens with one attached hydrogen (secondary N) is 1. The highest BCUT2D eigenvalue weighted by molar-refractivity contribution is 6.04. The van der Waals surface area contributed by atoms with Crippen LogP contribution in [0.2, 0.25) is 0 Å². The lowest BCUT2D eigenvalue weighted by Gasteiger charge is -2.34. The van der Waals surface area contributed by atoms with E-state index in [1.807, 2.05) is 12.1 Å². The number of pyridine rings is 2. The summed E-state index contributed by atoms with van der Waals surface area (Å²) in [4.78, 5) is 60.8. The van der Waals surface area contributed by atoms with E-state index < -0.39 is 23.7 Å². The Bertz CT molecular complexity index is 1600. The Labute approximate surface area is 234 Å². The molecule has 1 fully saturated rings. The van der Waals surface area contributed by atoms with E-state index >= 15 is 0 Å². The summed E-state index contributed by atoms with van der Waals surface area (Å²) in [6, 6.07) is 11.9. The van der Waals surface area contributed by atoms with Gasteiger partial charge < -0.3 is 19.7 Å². The molecule has 210 valence electrons. The van der Waals surface area contributed by atoms with Crippen molar-refractivity contribution in [2.24, 2.45) is 0 Å². The van der Waals surface area contributed by atoms with Crippen LogP contribution in [0.5, 0.6) is 0 Å². The summed E-state index contributed by atoms with van der Waals surface area (Å²) in [6.45, 7) is 0. The number of hydrogen-bond donors (Lipinski definition) is 2. The topological polar surface area (TPSA) is 137 Å². The van der Waals surface area contributed by atoms with E-state index in [2.05, 4.69) is 15.3 Å². The first-order valence-corrected chi connectivity index (χ1v) is 13.0. The van der Waals surface area contributed by atoms with Gasteiger partial charge in [-0.2, -0.15) is 0 Å². The van der Waals surface area contributed by atoms with Crippen molar-refractivity contribution in [1.29, 1.82) is 0 Å². The summed E-state index contributed by atoms with van der Waals surface area (Å²) in [5.41, 5.74) is 1.27. The van der Waals surface area contributed by atoms with Crippen LogP contribution in [0.4, 0.5) is 15.9 Å². The van der Waals surface area contributed by atoms with E-state index in [-0.39, 0.29) is 28.9 Å². The average molecular weight is 559 g/mol. The zero-order chi connectivity index (χ0) is 29.1. The predicted molar refractivity (Wildman–Crippen MR) is 147 cm³/mol. The normalized spacial score (nSPS) is 16.6. The molecule has 1 saturated carbocycles. The third kappa shape index (κ3) is 5.76. The van der Waals surface area contributed by atoms with Crippen molar-refractivity contribution in [1.82, 2.24) is 24.6 Å².